The molecule has 2 N–H and O–H groups in total. The van der Waals surface area contributed by atoms with Crippen molar-refractivity contribution in [3.05, 3.63) is 33.8 Å². The largest absolute Gasteiger partial charge is 0.389 e. The number of hydrogen-bond acceptors (Lipinski definition) is 2. The molecule has 1 aromatic carbocycles. The summed E-state index contributed by atoms with van der Waals surface area (Å²) in [6, 6.07) is 5.30. The van der Waals surface area contributed by atoms with Gasteiger partial charge in [0.2, 0.25) is 0 Å². The van der Waals surface area contributed by atoms with Crippen LogP contribution in [0.15, 0.2) is 18.2 Å². The average Bonchev–Trinajstić information content (AvgIpc) is 2.20. The van der Waals surface area contributed by atoms with E-state index in [1.165, 1.54) is 0 Å². The molecule has 0 saturated heterocycles. The molecule has 18 heavy (non-hydrogen) atoms. The van der Waals surface area contributed by atoms with Crippen molar-refractivity contribution in [1.29, 1.82) is 0 Å². The molecule has 0 aliphatic rings. The number of benzene rings is 1. The van der Waals surface area contributed by atoms with Crippen LogP contribution in [0.5, 0.6) is 0 Å². The molecule has 4 heteroatoms. The summed E-state index contributed by atoms with van der Waals surface area (Å²) >= 11 is 12.0. The fourth-order valence-electron chi connectivity index (χ4n) is 1.61. The molecular formula is C14H21Cl2NO. The Hall–Kier alpha value is -0.280. The van der Waals surface area contributed by atoms with Crippen LogP contribution >= 0.6 is 23.2 Å². The maximum Gasteiger partial charge on any atom is 0.0784 e. The molecular weight excluding hydrogens is 269 g/mol. The molecule has 0 fully saturated rings. The summed E-state index contributed by atoms with van der Waals surface area (Å²) < 4.78 is 0. The van der Waals surface area contributed by atoms with Gasteiger partial charge in [-0.2, -0.15) is 0 Å². The molecule has 0 aliphatic carbocycles. The van der Waals surface area contributed by atoms with Crippen molar-refractivity contribution in [3.63, 3.8) is 0 Å². The van der Waals surface area contributed by atoms with Crippen LogP contribution in [0, 0.1) is 0 Å². The van der Waals surface area contributed by atoms with Crippen molar-refractivity contribution in [1.82, 2.24) is 5.32 Å². The molecule has 0 spiro atoms. The molecule has 0 aromatic heterocycles. The van der Waals surface area contributed by atoms with Crippen LogP contribution in [0.2, 0.25) is 10.0 Å². The lowest BCUT2D eigenvalue weighted by Gasteiger charge is -2.29. The highest BCUT2D eigenvalue weighted by Gasteiger charge is 2.24. The van der Waals surface area contributed by atoms with Crippen molar-refractivity contribution >= 4 is 23.2 Å². The molecule has 0 amide bonds. The maximum absolute atomic E-state index is 10.4. The number of halogens is 2. The highest BCUT2D eigenvalue weighted by molar-refractivity contribution is 6.33. The summed E-state index contributed by atoms with van der Waals surface area (Å²) in [5.41, 5.74) is -0.0196. The van der Waals surface area contributed by atoms with Gasteiger partial charge in [-0.25, -0.2) is 0 Å². The Kier molecular flexibility index (Phi) is 5.07. The summed E-state index contributed by atoms with van der Waals surface area (Å²) in [6.07, 6.45) is 0.468. The summed E-state index contributed by atoms with van der Waals surface area (Å²) in [4.78, 5) is 0. The number of hydrogen-bond donors (Lipinski definition) is 2. The minimum atomic E-state index is -0.860. The van der Waals surface area contributed by atoms with E-state index in [9.17, 15) is 5.11 Å². The first-order valence-corrected chi connectivity index (χ1v) is 6.76. The molecule has 1 unspecified atom stereocenters. The Bertz CT molecular complexity index is 411. The van der Waals surface area contributed by atoms with Gasteiger partial charge >= 0.3 is 0 Å². The molecule has 1 aromatic rings. The van der Waals surface area contributed by atoms with Gasteiger partial charge in [-0.15, -0.1) is 0 Å². The molecule has 102 valence electrons. The summed E-state index contributed by atoms with van der Waals surface area (Å²) in [7, 11) is 0. The Morgan fingerprint density at radius 1 is 1.17 bits per heavy atom. The van der Waals surface area contributed by atoms with Gasteiger partial charge in [-0.3, -0.25) is 0 Å². The summed E-state index contributed by atoms with van der Waals surface area (Å²) in [6.45, 7) is 8.49. The zero-order chi connectivity index (χ0) is 14.0. The van der Waals surface area contributed by atoms with Crippen molar-refractivity contribution < 1.29 is 5.11 Å². The topological polar surface area (TPSA) is 32.3 Å². The zero-order valence-corrected chi connectivity index (χ0v) is 12.9. The van der Waals surface area contributed by atoms with E-state index in [1.807, 2.05) is 0 Å². The lowest BCUT2D eigenvalue weighted by atomic mass is 9.95. The van der Waals surface area contributed by atoms with Gasteiger partial charge in [0.1, 0.15) is 0 Å². The van der Waals surface area contributed by atoms with Gasteiger partial charge in [-0.1, -0.05) is 23.2 Å². The molecule has 1 atom stereocenters. The highest BCUT2D eigenvalue weighted by atomic mass is 35.5. The second-order valence-electron chi connectivity index (χ2n) is 6.01. The molecule has 0 bridgehead atoms. The second-order valence-corrected chi connectivity index (χ2v) is 6.86. The third-order valence-electron chi connectivity index (χ3n) is 2.58. The van der Waals surface area contributed by atoms with E-state index in [1.54, 1.807) is 25.1 Å². The zero-order valence-electron chi connectivity index (χ0n) is 11.3. The van der Waals surface area contributed by atoms with Gasteiger partial charge in [0, 0.05) is 28.5 Å². The maximum atomic E-state index is 10.4. The molecule has 0 aliphatic heterocycles. The van der Waals surface area contributed by atoms with Crippen LogP contribution in [0.25, 0.3) is 0 Å². The van der Waals surface area contributed by atoms with E-state index in [2.05, 4.69) is 26.1 Å². The van der Waals surface area contributed by atoms with Crippen molar-refractivity contribution in [2.24, 2.45) is 0 Å². The lowest BCUT2D eigenvalue weighted by Crippen LogP contribution is -2.47. The predicted molar refractivity (Wildman–Crippen MR) is 78.5 cm³/mol. The third kappa shape index (κ3) is 5.57. The fourth-order valence-corrected chi connectivity index (χ4v) is 1.99. The van der Waals surface area contributed by atoms with Gasteiger partial charge in [-0.05, 0) is 51.5 Å². The summed E-state index contributed by atoms with van der Waals surface area (Å²) in [5, 5.41) is 14.9. The van der Waals surface area contributed by atoms with Crippen LogP contribution < -0.4 is 5.32 Å². The minimum Gasteiger partial charge on any atom is -0.389 e. The van der Waals surface area contributed by atoms with Crippen molar-refractivity contribution in [3.8, 4) is 0 Å². The van der Waals surface area contributed by atoms with E-state index in [4.69, 9.17) is 23.2 Å². The highest BCUT2D eigenvalue weighted by Crippen LogP contribution is 2.24. The first-order valence-electron chi connectivity index (χ1n) is 6.00. The normalized spacial score (nSPS) is 15.5. The van der Waals surface area contributed by atoms with E-state index in [0.29, 0.717) is 23.0 Å². The Morgan fingerprint density at radius 2 is 1.78 bits per heavy atom. The van der Waals surface area contributed by atoms with Gasteiger partial charge in [0.15, 0.2) is 0 Å². The molecule has 0 saturated carbocycles. The SMILES string of the molecule is CC(O)(CNC(C)(C)C)Cc1cc(Cl)ccc1Cl. The van der Waals surface area contributed by atoms with Crippen molar-refractivity contribution in [2.75, 3.05) is 6.54 Å². The summed E-state index contributed by atoms with van der Waals surface area (Å²) in [5.74, 6) is 0. The van der Waals surface area contributed by atoms with Crippen LogP contribution in [0.1, 0.15) is 33.3 Å². The standard InChI is InChI=1S/C14H21Cl2NO/c1-13(2,3)17-9-14(4,18)8-10-7-11(15)5-6-12(10)16/h5-7,17-18H,8-9H2,1-4H3. The quantitative estimate of drug-likeness (QED) is 0.886. The minimum absolute atomic E-state index is 0.0257. The second kappa shape index (κ2) is 5.79. The van der Waals surface area contributed by atoms with Crippen LogP contribution in [0.3, 0.4) is 0 Å². The van der Waals surface area contributed by atoms with Gasteiger partial charge < -0.3 is 10.4 Å². The lowest BCUT2D eigenvalue weighted by molar-refractivity contribution is 0.0535. The van der Waals surface area contributed by atoms with Crippen LogP contribution in [-0.2, 0) is 6.42 Å². The smallest absolute Gasteiger partial charge is 0.0784 e. The average molecular weight is 290 g/mol. The first-order chi connectivity index (χ1) is 8.09. The van der Waals surface area contributed by atoms with Crippen molar-refractivity contribution in [2.45, 2.75) is 45.3 Å². The van der Waals surface area contributed by atoms with Crippen LogP contribution in [-0.4, -0.2) is 22.8 Å². The predicted octanol–water partition coefficient (Wildman–Crippen LogP) is 3.68. The molecule has 2 nitrogen and oxygen atoms in total. The van der Waals surface area contributed by atoms with E-state index in [0.717, 1.165) is 5.56 Å². The van der Waals surface area contributed by atoms with E-state index < -0.39 is 5.60 Å². The Morgan fingerprint density at radius 3 is 2.33 bits per heavy atom. The Balaban J connectivity index is 2.72. The third-order valence-corrected chi connectivity index (χ3v) is 3.18. The number of rotatable bonds is 4. The number of aliphatic hydroxyl groups is 1. The van der Waals surface area contributed by atoms with Gasteiger partial charge in [0.05, 0.1) is 5.60 Å². The first kappa shape index (κ1) is 15.8. The molecule has 1 rings (SSSR count). The fraction of sp³-hybridized carbons (Fsp3) is 0.571. The molecule has 0 radical (unpaired) electrons. The van der Waals surface area contributed by atoms with E-state index in [-0.39, 0.29) is 5.54 Å². The van der Waals surface area contributed by atoms with E-state index >= 15 is 0 Å². The number of nitrogens with one attached hydrogen (secondary N) is 1. The Labute approximate surface area is 119 Å². The molecule has 0 heterocycles. The van der Waals surface area contributed by atoms with Gasteiger partial charge in [0.25, 0.3) is 0 Å². The van der Waals surface area contributed by atoms with Crippen LogP contribution in [0.4, 0.5) is 0 Å². The monoisotopic (exact) mass is 289 g/mol. The number of β-amino-alcohol motifs (C(OH)–C–C–N with tert-alkyl or cyclic N) is 1.